The summed E-state index contributed by atoms with van der Waals surface area (Å²) in [6.45, 7) is 4.66. The smallest absolute Gasteiger partial charge is 0.253 e. The van der Waals surface area contributed by atoms with Crippen LogP contribution in [0.3, 0.4) is 0 Å². The Balaban J connectivity index is 1.87. The lowest BCUT2D eigenvalue weighted by Crippen LogP contribution is -2.38. The molecule has 7 nitrogen and oxygen atoms in total. The van der Waals surface area contributed by atoms with Crippen molar-refractivity contribution in [2.45, 2.75) is 26.3 Å². The number of hydrogen-bond acceptors (Lipinski definition) is 4. The predicted molar refractivity (Wildman–Crippen MR) is 130 cm³/mol. The Kier molecular flexibility index (Phi) is 10.5. The number of methoxy groups -OCH3 is 1. The van der Waals surface area contributed by atoms with E-state index in [1.165, 1.54) is 0 Å². The van der Waals surface area contributed by atoms with E-state index >= 15 is 0 Å². The van der Waals surface area contributed by atoms with Crippen LogP contribution in [0.2, 0.25) is 0 Å². The molecular weight excluding hydrogens is 404 g/mol. The van der Waals surface area contributed by atoms with Crippen molar-refractivity contribution < 1.29 is 14.3 Å². The van der Waals surface area contributed by atoms with Crippen LogP contribution in [-0.2, 0) is 17.7 Å². The SMILES string of the molecule is CN=C(NCCc1cccc(C(=O)N(C)C)c1)NCc1ccc(C)cc1OCCCOC. The summed E-state index contributed by atoms with van der Waals surface area (Å²) in [5, 5.41) is 6.69. The van der Waals surface area contributed by atoms with Gasteiger partial charge in [0.25, 0.3) is 5.91 Å². The van der Waals surface area contributed by atoms with Crippen LogP contribution in [0.15, 0.2) is 47.5 Å². The topological polar surface area (TPSA) is 75.2 Å². The van der Waals surface area contributed by atoms with Gasteiger partial charge in [-0.3, -0.25) is 9.79 Å². The highest BCUT2D eigenvalue weighted by atomic mass is 16.5. The zero-order valence-corrected chi connectivity index (χ0v) is 19.9. The number of carbonyl (C=O) groups excluding carboxylic acids is 1. The molecular formula is C25H36N4O3. The molecule has 7 heteroatoms. The zero-order valence-electron chi connectivity index (χ0n) is 19.9. The van der Waals surface area contributed by atoms with Gasteiger partial charge in [-0.15, -0.1) is 0 Å². The summed E-state index contributed by atoms with van der Waals surface area (Å²) in [7, 11) is 6.97. The number of ether oxygens (including phenoxy) is 2. The fourth-order valence-electron chi connectivity index (χ4n) is 3.17. The van der Waals surface area contributed by atoms with Crippen LogP contribution in [-0.4, -0.2) is 64.8 Å². The Bertz CT molecular complexity index is 897. The van der Waals surface area contributed by atoms with Crippen LogP contribution in [0.5, 0.6) is 5.75 Å². The Morgan fingerprint density at radius 2 is 1.91 bits per heavy atom. The predicted octanol–water partition coefficient (Wildman–Crippen LogP) is 3.02. The van der Waals surface area contributed by atoms with Crippen molar-refractivity contribution in [2.24, 2.45) is 4.99 Å². The average Bonchev–Trinajstić information content (AvgIpc) is 2.79. The van der Waals surface area contributed by atoms with Crippen molar-refractivity contribution in [1.82, 2.24) is 15.5 Å². The quantitative estimate of drug-likeness (QED) is 0.319. The van der Waals surface area contributed by atoms with Gasteiger partial charge in [-0.05, 0) is 42.7 Å². The molecule has 0 spiro atoms. The molecule has 0 radical (unpaired) electrons. The highest BCUT2D eigenvalue weighted by Gasteiger charge is 2.09. The molecule has 0 unspecified atom stereocenters. The standard InChI is InChI=1S/C25H36N4O3/c1-19-10-11-22(23(16-19)32-15-7-14-31-5)18-28-25(26-2)27-13-12-20-8-6-9-21(17-20)24(30)29(3)4/h6,8-11,16-17H,7,12-15,18H2,1-5H3,(H2,26,27,28). The minimum atomic E-state index is 0.00984. The number of benzene rings is 2. The van der Waals surface area contributed by atoms with E-state index in [9.17, 15) is 4.79 Å². The van der Waals surface area contributed by atoms with E-state index < -0.39 is 0 Å². The van der Waals surface area contributed by atoms with Crippen LogP contribution >= 0.6 is 0 Å². The van der Waals surface area contributed by atoms with Crippen LogP contribution in [0.4, 0.5) is 0 Å². The normalized spacial score (nSPS) is 11.2. The molecule has 1 amide bonds. The fourth-order valence-corrected chi connectivity index (χ4v) is 3.17. The minimum absolute atomic E-state index is 0.00984. The van der Waals surface area contributed by atoms with Gasteiger partial charge < -0.3 is 25.0 Å². The van der Waals surface area contributed by atoms with Crippen molar-refractivity contribution in [3.05, 3.63) is 64.7 Å². The van der Waals surface area contributed by atoms with Crippen molar-refractivity contribution in [2.75, 3.05) is 48.0 Å². The maximum absolute atomic E-state index is 12.2. The Labute approximate surface area is 191 Å². The highest BCUT2D eigenvalue weighted by molar-refractivity contribution is 5.94. The van der Waals surface area contributed by atoms with Gasteiger partial charge in [0.2, 0.25) is 0 Å². The lowest BCUT2D eigenvalue weighted by Gasteiger charge is -2.16. The lowest BCUT2D eigenvalue weighted by molar-refractivity contribution is 0.0827. The van der Waals surface area contributed by atoms with Crippen molar-refractivity contribution in [3.63, 3.8) is 0 Å². The second-order valence-corrected chi connectivity index (χ2v) is 7.81. The number of amides is 1. The molecule has 2 aromatic carbocycles. The zero-order chi connectivity index (χ0) is 23.3. The van der Waals surface area contributed by atoms with Gasteiger partial charge in [-0.2, -0.15) is 0 Å². The van der Waals surface area contributed by atoms with Crippen LogP contribution in [0.25, 0.3) is 0 Å². The maximum atomic E-state index is 12.2. The molecule has 0 bridgehead atoms. The Hall–Kier alpha value is -3.06. The Morgan fingerprint density at radius 1 is 1.09 bits per heavy atom. The maximum Gasteiger partial charge on any atom is 0.253 e. The summed E-state index contributed by atoms with van der Waals surface area (Å²) in [6.07, 6.45) is 1.63. The van der Waals surface area contributed by atoms with Gasteiger partial charge in [0.05, 0.1) is 6.61 Å². The van der Waals surface area contributed by atoms with Gasteiger partial charge in [0.1, 0.15) is 5.75 Å². The molecule has 174 valence electrons. The van der Waals surface area contributed by atoms with E-state index in [0.717, 1.165) is 41.2 Å². The summed E-state index contributed by atoms with van der Waals surface area (Å²) in [5.41, 5.74) is 4.04. The molecule has 2 N–H and O–H groups in total. The number of guanidine groups is 1. The van der Waals surface area contributed by atoms with E-state index in [1.54, 1.807) is 33.2 Å². The van der Waals surface area contributed by atoms with Gasteiger partial charge in [0.15, 0.2) is 5.96 Å². The first-order chi connectivity index (χ1) is 15.4. The van der Waals surface area contributed by atoms with E-state index in [1.807, 2.05) is 24.3 Å². The number of aliphatic imine (C=N–C) groups is 1. The fraction of sp³-hybridized carbons (Fsp3) is 0.440. The van der Waals surface area contributed by atoms with Crippen molar-refractivity contribution in [3.8, 4) is 5.75 Å². The van der Waals surface area contributed by atoms with Crippen molar-refractivity contribution >= 4 is 11.9 Å². The molecule has 32 heavy (non-hydrogen) atoms. The van der Waals surface area contributed by atoms with Gasteiger partial charge in [-0.1, -0.05) is 24.3 Å². The first-order valence-corrected chi connectivity index (χ1v) is 10.9. The summed E-state index contributed by atoms with van der Waals surface area (Å²) in [5.74, 6) is 1.61. The second kappa shape index (κ2) is 13.4. The molecule has 0 aliphatic rings. The Morgan fingerprint density at radius 3 is 2.62 bits per heavy atom. The number of carbonyl (C=O) groups is 1. The molecule has 2 aromatic rings. The van der Waals surface area contributed by atoms with Crippen LogP contribution < -0.4 is 15.4 Å². The molecule has 0 heterocycles. The van der Waals surface area contributed by atoms with Crippen LogP contribution in [0, 0.1) is 6.92 Å². The van der Waals surface area contributed by atoms with E-state index in [0.29, 0.717) is 31.9 Å². The minimum Gasteiger partial charge on any atom is -0.493 e. The summed E-state index contributed by atoms with van der Waals surface area (Å²) < 4.78 is 11.1. The number of aryl methyl sites for hydroxylation is 1. The highest BCUT2D eigenvalue weighted by Crippen LogP contribution is 2.20. The monoisotopic (exact) mass is 440 g/mol. The summed E-state index contributed by atoms with van der Waals surface area (Å²) in [6, 6.07) is 14.0. The molecule has 0 aliphatic carbocycles. The largest absolute Gasteiger partial charge is 0.493 e. The van der Waals surface area contributed by atoms with Gasteiger partial charge in [0, 0.05) is 65.5 Å². The number of nitrogens with zero attached hydrogens (tertiary/aromatic N) is 2. The van der Waals surface area contributed by atoms with E-state index in [4.69, 9.17) is 9.47 Å². The molecule has 0 saturated carbocycles. The molecule has 0 aliphatic heterocycles. The second-order valence-electron chi connectivity index (χ2n) is 7.81. The number of nitrogens with one attached hydrogen (secondary N) is 2. The molecule has 0 aromatic heterocycles. The lowest BCUT2D eigenvalue weighted by atomic mass is 10.1. The summed E-state index contributed by atoms with van der Waals surface area (Å²) >= 11 is 0. The molecule has 2 rings (SSSR count). The first-order valence-electron chi connectivity index (χ1n) is 10.9. The first kappa shape index (κ1) is 25.2. The molecule has 0 fully saturated rings. The molecule has 0 saturated heterocycles. The summed E-state index contributed by atoms with van der Waals surface area (Å²) in [4.78, 5) is 18.1. The van der Waals surface area contributed by atoms with E-state index in [-0.39, 0.29) is 5.91 Å². The van der Waals surface area contributed by atoms with Gasteiger partial charge in [-0.25, -0.2) is 0 Å². The third-order valence-corrected chi connectivity index (χ3v) is 4.93. The third-order valence-electron chi connectivity index (χ3n) is 4.93. The van der Waals surface area contributed by atoms with Crippen LogP contribution in [0.1, 0.15) is 33.5 Å². The number of rotatable bonds is 11. The third kappa shape index (κ3) is 8.23. The van der Waals surface area contributed by atoms with E-state index in [2.05, 4.69) is 40.7 Å². The van der Waals surface area contributed by atoms with Gasteiger partial charge >= 0.3 is 0 Å². The molecule has 0 atom stereocenters. The number of hydrogen-bond donors (Lipinski definition) is 2. The van der Waals surface area contributed by atoms with Crippen molar-refractivity contribution in [1.29, 1.82) is 0 Å². The average molecular weight is 441 g/mol.